The van der Waals surface area contributed by atoms with Crippen LogP contribution in [-0.2, 0) is 0 Å². The number of imidazole rings is 1. The molecular weight excluding hydrogens is 415 g/mol. The van der Waals surface area contributed by atoms with E-state index in [2.05, 4.69) is 0 Å². The van der Waals surface area contributed by atoms with E-state index in [1.165, 1.54) is 23.5 Å². The van der Waals surface area contributed by atoms with E-state index in [-0.39, 0.29) is 11.3 Å². The summed E-state index contributed by atoms with van der Waals surface area (Å²) in [6, 6.07) is 19.7. The highest BCUT2D eigenvalue weighted by atomic mass is 32.1. The first-order valence-corrected chi connectivity index (χ1v) is 10.3. The number of carbonyl (C=O) groups excluding carboxylic acids is 2. The smallest absolute Gasteiger partial charge is 0.252 e. The number of methoxy groups -OCH3 is 1. The van der Waals surface area contributed by atoms with Crippen LogP contribution in [0.2, 0.25) is 0 Å². The van der Waals surface area contributed by atoms with E-state index in [1.807, 2.05) is 24.3 Å². The zero-order chi connectivity index (χ0) is 21.5. The van der Waals surface area contributed by atoms with Gasteiger partial charge in [0.25, 0.3) is 5.78 Å². The van der Waals surface area contributed by atoms with Crippen LogP contribution in [-0.4, -0.2) is 28.1 Å². The second kappa shape index (κ2) is 7.45. The van der Waals surface area contributed by atoms with Crippen LogP contribution in [0.4, 0.5) is 4.39 Å². The van der Waals surface area contributed by atoms with Crippen LogP contribution in [0.3, 0.4) is 0 Å². The number of para-hydroxylation sites is 1. The van der Waals surface area contributed by atoms with Gasteiger partial charge in [0.2, 0.25) is 5.78 Å². The maximum atomic E-state index is 13.4. The van der Waals surface area contributed by atoms with Gasteiger partial charge in [0.1, 0.15) is 23.0 Å². The van der Waals surface area contributed by atoms with Crippen molar-refractivity contribution in [1.82, 2.24) is 9.38 Å². The highest BCUT2D eigenvalue weighted by Crippen LogP contribution is 2.34. The number of hydrogen-bond donors (Lipinski definition) is 0. The van der Waals surface area contributed by atoms with E-state index < -0.39 is 17.4 Å². The summed E-state index contributed by atoms with van der Waals surface area (Å²) in [5.41, 5.74) is 2.22. The second-order valence-corrected chi connectivity index (χ2v) is 7.90. The van der Waals surface area contributed by atoms with Gasteiger partial charge in [0.15, 0.2) is 4.96 Å². The summed E-state index contributed by atoms with van der Waals surface area (Å²) in [7, 11) is 1.57. The summed E-state index contributed by atoms with van der Waals surface area (Å²) in [6.07, 6.45) is 0. The van der Waals surface area contributed by atoms with Crippen molar-refractivity contribution in [3.05, 3.63) is 89.9 Å². The fourth-order valence-corrected chi connectivity index (χ4v) is 4.54. The molecule has 2 heterocycles. The number of hydrogen-bond acceptors (Lipinski definition) is 5. The maximum absolute atomic E-state index is 13.4. The lowest BCUT2D eigenvalue weighted by atomic mass is 10.0. The summed E-state index contributed by atoms with van der Waals surface area (Å²) >= 11 is 1.44. The van der Waals surface area contributed by atoms with Gasteiger partial charge in [-0.1, -0.05) is 23.5 Å². The van der Waals surface area contributed by atoms with Gasteiger partial charge in [-0.25, -0.2) is 9.37 Å². The molecule has 0 aliphatic rings. The number of aromatic nitrogens is 2. The maximum Gasteiger partial charge on any atom is 0.252 e. The quantitative estimate of drug-likeness (QED) is 0.276. The topological polar surface area (TPSA) is 60.7 Å². The fourth-order valence-electron chi connectivity index (χ4n) is 3.52. The standard InChI is InChI=1S/C24H15FN2O3S/c1-30-17-12-8-14(9-13-17)20-21(23(29)22(28)15-6-10-16(25)11-7-15)27-18-4-2-3-5-19(18)31-24(27)26-20/h2-13H,1H3. The zero-order valence-electron chi connectivity index (χ0n) is 16.3. The average molecular weight is 430 g/mol. The van der Waals surface area contributed by atoms with E-state index >= 15 is 0 Å². The summed E-state index contributed by atoms with van der Waals surface area (Å²) in [5, 5.41) is 0. The van der Waals surface area contributed by atoms with E-state index in [0.717, 1.165) is 22.3 Å². The lowest BCUT2D eigenvalue weighted by Crippen LogP contribution is -2.17. The molecule has 5 nitrogen and oxygen atoms in total. The second-order valence-electron chi connectivity index (χ2n) is 6.89. The molecule has 0 atom stereocenters. The molecule has 31 heavy (non-hydrogen) atoms. The van der Waals surface area contributed by atoms with Crippen molar-refractivity contribution in [2.45, 2.75) is 0 Å². The Morgan fingerprint density at radius 3 is 2.35 bits per heavy atom. The minimum absolute atomic E-state index is 0.126. The Morgan fingerprint density at radius 2 is 1.65 bits per heavy atom. The molecule has 0 saturated heterocycles. The molecule has 2 aromatic heterocycles. The highest BCUT2D eigenvalue weighted by molar-refractivity contribution is 7.23. The van der Waals surface area contributed by atoms with Crippen molar-refractivity contribution in [1.29, 1.82) is 0 Å². The Balaban J connectivity index is 1.73. The molecule has 0 aliphatic carbocycles. The third kappa shape index (κ3) is 3.19. The number of Topliss-reactive ketones (excluding diaryl/α,β-unsaturated/α-hetero) is 2. The first-order chi connectivity index (χ1) is 15.1. The fraction of sp³-hybridized carbons (Fsp3) is 0.0417. The van der Waals surface area contributed by atoms with Crippen molar-refractivity contribution in [3.63, 3.8) is 0 Å². The van der Waals surface area contributed by atoms with E-state index in [0.29, 0.717) is 22.0 Å². The van der Waals surface area contributed by atoms with Gasteiger partial charge in [0.05, 0.1) is 17.3 Å². The summed E-state index contributed by atoms with van der Waals surface area (Å²) in [5.74, 6) is -1.22. The number of halogens is 1. The van der Waals surface area contributed by atoms with Gasteiger partial charge >= 0.3 is 0 Å². The summed E-state index contributed by atoms with van der Waals surface area (Å²) in [4.78, 5) is 31.8. The van der Waals surface area contributed by atoms with Crippen LogP contribution in [0.1, 0.15) is 20.8 Å². The number of ether oxygens (including phenoxy) is 1. The highest BCUT2D eigenvalue weighted by Gasteiger charge is 2.28. The number of thiazole rings is 1. The first kappa shape index (κ1) is 19.1. The summed E-state index contributed by atoms with van der Waals surface area (Å²) in [6.45, 7) is 0. The van der Waals surface area contributed by atoms with Crippen molar-refractivity contribution in [2.24, 2.45) is 0 Å². The van der Waals surface area contributed by atoms with Gasteiger partial charge in [0, 0.05) is 11.1 Å². The van der Waals surface area contributed by atoms with Gasteiger partial charge in [-0.3, -0.25) is 14.0 Å². The molecule has 5 aromatic rings. The molecule has 0 aliphatic heterocycles. The van der Waals surface area contributed by atoms with E-state index in [4.69, 9.17) is 9.72 Å². The predicted molar refractivity (Wildman–Crippen MR) is 118 cm³/mol. The molecule has 7 heteroatoms. The average Bonchev–Trinajstić information content (AvgIpc) is 3.35. The third-order valence-corrected chi connectivity index (χ3v) is 6.07. The van der Waals surface area contributed by atoms with Crippen LogP contribution in [0.25, 0.3) is 26.4 Å². The molecule has 0 bridgehead atoms. The molecule has 0 spiro atoms. The number of carbonyl (C=O) groups is 2. The Labute approximate surface area is 180 Å². The molecule has 5 rings (SSSR count). The van der Waals surface area contributed by atoms with Gasteiger partial charge in [-0.05, 0) is 60.7 Å². The predicted octanol–water partition coefficient (Wildman–Crippen LogP) is 5.43. The Morgan fingerprint density at radius 1 is 0.935 bits per heavy atom. The molecule has 0 fully saturated rings. The Hall–Kier alpha value is -3.84. The largest absolute Gasteiger partial charge is 0.497 e. The van der Waals surface area contributed by atoms with E-state index in [9.17, 15) is 14.0 Å². The van der Waals surface area contributed by atoms with Crippen LogP contribution >= 0.6 is 11.3 Å². The van der Waals surface area contributed by atoms with Gasteiger partial charge < -0.3 is 4.74 Å². The number of benzene rings is 3. The minimum atomic E-state index is -0.716. The number of rotatable bonds is 5. The monoisotopic (exact) mass is 430 g/mol. The molecule has 0 amide bonds. The minimum Gasteiger partial charge on any atom is -0.497 e. The Bertz CT molecular complexity index is 1450. The third-order valence-electron chi connectivity index (χ3n) is 5.05. The molecular formula is C24H15FN2O3S. The lowest BCUT2D eigenvalue weighted by Gasteiger charge is -2.06. The van der Waals surface area contributed by atoms with Crippen molar-refractivity contribution < 1.29 is 18.7 Å². The number of nitrogens with zero attached hydrogens (tertiary/aromatic N) is 2. The first-order valence-electron chi connectivity index (χ1n) is 9.46. The van der Waals surface area contributed by atoms with Gasteiger partial charge in [-0.15, -0.1) is 0 Å². The van der Waals surface area contributed by atoms with Gasteiger partial charge in [-0.2, -0.15) is 0 Å². The number of ketones is 2. The van der Waals surface area contributed by atoms with Crippen LogP contribution < -0.4 is 4.74 Å². The molecule has 0 N–H and O–H groups in total. The Kier molecular flexibility index (Phi) is 4.60. The van der Waals surface area contributed by atoms with E-state index in [1.54, 1.807) is 35.8 Å². The van der Waals surface area contributed by atoms with Crippen LogP contribution in [0.5, 0.6) is 5.75 Å². The van der Waals surface area contributed by atoms with Crippen molar-refractivity contribution in [2.75, 3.05) is 7.11 Å². The molecule has 3 aromatic carbocycles. The lowest BCUT2D eigenvalue weighted by molar-refractivity contribution is 0.0814. The molecule has 0 unspecified atom stereocenters. The number of fused-ring (bicyclic) bond motifs is 3. The molecule has 0 saturated carbocycles. The van der Waals surface area contributed by atoms with Crippen LogP contribution in [0, 0.1) is 5.82 Å². The van der Waals surface area contributed by atoms with Crippen molar-refractivity contribution >= 4 is 38.1 Å². The summed E-state index contributed by atoms with van der Waals surface area (Å²) < 4.78 is 21.2. The SMILES string of the molecule is COc1ccc(-c2nc3sc4ccccc4n3c2C(=O)C(=O)c2ccc(F)cc2)cc1. The van der Waals surface area contributed by atoms with Crippen molar-refractivity contribution in [3.8, 4) is 17.0 Å². The zero-order valence-corrected chi connectivity index (χ0v) is 17.2. The molecule has 0 radical (unpaired) electrons. The van der Waals surface area contributed by atoms with Crippen LogP contribution in [0.15, 0.2) is 72.8 Å². The normalized spacial score (nSPS) is 11.2. The molecule has 152 valence electrons.